The summed E-state index contributed by atoms with van der Waals surface area (Å²) in [6.07, 6.45) is 30.6. The van der Waals surface area contributed by atoms with Crippen LogP contribution in [0.2, 0.25) is 0 Å². The lowest BCUT2D eigenvalue weighted by molar-refractivity contribution is -0.137. The van der Waals surface area contributed by atoms with E-state index < -0.39 is 5.60 Å². The zero-order valence-electron chi connectivity index (χ0n) is 26.2. The quantitative estimate of drug-likeness (QED) is 0.103. The highest BCUT2D eigenvalue weighted by Gasteiger charge is 2.49. The molecule has 2 unspecified atom stereocenters. The van der Waals surface area contributed by atoms with Crippen LogP contribution in [0.4, 0.5) is 0 Å². The Labute approximate surface area is 236 Å². The molecule has 0 aromatic heterocycles. The molecule has 0 saturated heterocycles. The molecule has 0 aromatic carbocycles. The summed E-state index contributed by atoms with van der Waals surface area (Å²) in [5.74, 6) is -0.343. The molecule has 1 aliphatic carbocycles. The summed E-state index contributed by atoms with van der Waals surface area (Å²) in [7, 11) is 0. The summed E-state index contributed by atoms with van der Waals surface area (Å²) >= 11 is 0. The van der Waals surface area contributed by atoms with Crippen LogP contribution in [0.1, 0.15) is 151 Å². The molecule has 2 atom stereocenters. The van der Waals surface area contributed by atoms with Crippen LogP contribution < -0.4 is 0 Å². The Balaban J connectivity index is 2.14. The predicted molar refractivity (Wildman–Crippen MR) is 164 cm³/mol. The Morgan fingerprint density at radius 1 is 0.816 bits per heavy atom. The summed E-state index contributed by atoms with van der Waals surface area (Å²) in [6.45, 7) is 15.4. The first-order valence-corrected chi connectivity index (χ1v) is 15.9. The van der Waals surface area contributed by atoms with Crippen molar-refractivity contribution in [2.75, 3.05) is 6.61 Å². The van der Waals surface area contributed by atoms with Gasteiger partial charge in [0.05, 0.1) is 12.2 Å². The average Bonchev–Trinajstić information content (AvgIpc) is 2.84. The molecule has 0 spiro atoms. The number of unbranched alkanes of at least 4 members (excludes halogenated alkanes) is 15. The fraction of sp³-hybridized carbons (Fsp3) is 0.800. The third-order valence-corrected chi connectivity index (χ3v) is 8.15. The molecule has 0 aliphatic heterocycles. The van der Waals surface area contributed by atoms with Gasteiger partial charge in [0, 0.05) is 12.0 Å². The molecule has 0 fully saturated rings. The SMILES string of the molecule is CCCCCCCCCCCCCCCCCCOC(=O)C=CC1=CC(C(C)(C)C)C(O)(C(C)(C)C)C=C1. The maximum absolute atomic E-state index is 12.2. The van der Waals surface area contributed by atoms with Crippen molar-refractivity contribution in [1.29, 1.82) is 0 Å². The molecule has 0 amide bonds. The number of esters is 1. The standard InChI is InChI=1S/C35H62O3/c1-8-9-10-11-12-13-14-15-16-17-18-19-20-21-22-23-28-38-32(36)25-24-30-26-27-35(37,34(5,6)7)31(29-30)33(2,3)4/h24-27,29,31,37H,8-23,28H2,1-7H3. The second-order valence-electron chi connectivity index (χ2n) is 13.7. The van der Waals surface area contributed by atoms with Crippen molar-refractivity contribution in [2.45, 2.75) is 157 Å². The average molecular weight is 531 g/mol. The van der Waals surface area contributed by atoms with Gasteiger partial charge in [-0.3, -0.25) is 0 Å². The molecule has 0 heterocycles. The number of allylic oxidation sites excluding steroid dienone is 3. The minimum Gasteiger partial charge on any atom is -0.463 e. The van der Waals surface area contributed by atoms with E-state index in [1.54, 1.807) is 0 Å². The van der Waals surface area contributed by atoms with Crippen molar-refractivity contribution < 1.29 is 14.6 Å². The highest BCUT2D eigenvalue weighted by atomic mass is 16.5. The van der Waals surface area contributed by atoms with Crippen molar-refractivity contribution in [2.24, 2.45) is 16.7 Å². The van der Waals surface area contributed by atoms with Crippen LogP contribution >= 0.6 is 0 Å². The van der Waals surface area contributed by atoms with Crippen LogP contribution in [0, 0.1) is 16.7 Å². The van der Waals surface area contributed by atoms with Crippen LogP contribution in [0.3, 0.4) is 0 Å². The van der Waals surface area contributed by atoms with Gasteiger partial charge in [-0.15, -0.1) is 0 Å². The zero-order valence-corrected chi connectivity index (χ0v) is 26.2. The second-order valence-corrected chi connectivity index (χ2v) is 13.7. The van der Waals surface area contributed by atoms with Gasteiger partial charge in [0.1, 0.15) is 0 Å². The molecule has 0 radical (unpaired) electrons. The molecule has 38 heavy (non-hydrogen) atoms. The topological polar surface area (TPSA) is 46.5 Å². The monoisotopic (exact) mass is 530 g/mol. The van der Waals surface area contributed by atoms with Gasteiger partial charge < -0.3 is 9.84 Å². The summed E-state index contributed by atoms with van der Waals surface area (Å²) in [5.41, 5.74) is -0.395. The molecular weight excluding hydrogens is 468 g/mol. The first-order chi connectivity index (χ1) is 17.9. The maximum atomic E-state index is 12.2. The lowest BCUT2D eigenvalue weighted by atomic mass is 9.59. The molecular formula is C35H62O3. The van der Waals surface area contributed by atoms with Gasteiger partial charge in [-0.1, -0.05) is 163 Å². The van der Waals surface area contributed by atoms with Crippen LogP contribution in [0.15, 0.2) is 36.0 Å². The van der Waals surface area contributed by atoms with Crippen molar-refractivity contribution in [3.05, 3.63) is 36.0 Å². The zero-order chi connectivity index (χ0) is 28.5. The molecule has 3 heteroatoms. The minimum absolute atomic E-state index is 0.0548. The number of hydrogen-bond acceptors (Lipinski definition) is 3. The molecule has 1 N–H and O–H groups in total. The number of carbonyl (C=O) groups excluding carboxylic acids is 1. The Bertz CT molecular complexity index is 731. The highest BCUT2D eigenvalue weighted by molar-refractivity contribution is 5.82. The summed E-state index contributed by atoms with van der Waals surface area (Å²) in [6, 6.07) is 0. The van der Waals surface area contributed by atoms with E-state index in [1.807, 2.05) is 18.2 Å². The van der Waals surface area contributed by atoms with Gasteiger partial charge in [0.2, 0.25) is 0 Å². The molecule has 3 nitrogen and oxygen atoms in total. The lowest BCUT2D eigenvalue weighted by Gasteiger charge is -2.49. The lowest BCUT2D eigenvalue weighted by Crippen LogP contribution is -2.52. The van der Waals surface area contributed by atoms with Gasteiger partial charge in [-0.05, 0) is 28.9 Å². The fourth-order valence-corrected chi connectivity index (χ4v) is 5.48. The van der Waals surface area contributed by atoms with E-state index in [-0.39, 0.29) is 22.7 Å². The number of carbonyl (C=O) groups is 1. The van der Waals surface area contributed by atoms with Gasteiger partial charge in [0.25, 0.3) is 0 Å². The van der Waals surface area contributed by atoms with Crippen LogP contribution in [-0.2, 0) is 9.53 Å². The predicted octanol–water partition coefficient (Wildman–Crippen LogP) is 10.3. The molecule has 0 aromatic rings. The Hall–Kier alpha value is -1.35. The van der Waals surface area contributed by atoms with Crippen LogP contribution in [0.25, 0.3) is 0 Å². The normalized spacial score (nSPS) is 20.2. The first-order valence-electron chi connectivity index (χ1n) is 15.9. The van der Waals surface area contributed by atoms with Crippen molar-refractivity contribution in [3.8, 4) is 0 Å². The highest BCUT2D eigenvalue weighted by Crippen LogP contribution is 2.48. The van der Waals surface area contributed by atoms with E-state index in [9.17, 15) is 9.90 Å². The molecule has 0 bridgehead atoms. The van der Waals surface area contributed by atoms with Crippen molar-refractivity contribution in [1.82, 2.24) is 0 Å². The van der Waals surface area contributed by atoms with Gasteiger partial charge >= 0.3 is 5.97 Å². The van der Waals surface area contributed by atoms with E-state index in [1.165, 1.54) is 96.0 Å². The van der Waals surface area contributed by atoms with Crippen LogP contribution in [0.5, 0.6) is 0 Å². The number of rotatable bonds is 19. The molecule has 220 valence electrons. The smallest absolute Gasteiger partial charge is 0.330 e. The van der Waals surface area contributed by atoms with Crippen molar-refractivity contribution >= 4 is 5.97 Å². The van der Waals surface area contributed by atoms with Gasteiger partial charge in [-0.2, -0.15) is 0 Å². The van der Waals surface area contributed by atoms with E-state index in [2.05, 4.69) is 54.5 Å². The number of hydrogen-bond donors (Lipinski definition) is 1. The summed E-state index contributed by atoms with van der Waals surface area (Å²) < 4.78 is 5.42. The van der Waals surface area contributed by atoms with E-state index in [0.29, 0.717) is 6.61 Å². The van der Waals surface area contributed by atoms with Gasteiger partial charge in [0.15, 0.2) is 0 Å². The van der Waals surface area contributed by atoms with Crippen molar-refractivity contribution in [3.63, 3.8) is 0 Å². The van der Waals surface area contributed by atoms with E-state index in [4.69, 9.17) is 4.74 Å². The Morgan fingerprint density at radius 3 is 1.68 bits per heavy atom. The van der Waals surface area contributed by atoms with E-state index in [0.717, 1.165) is 18.4 Å². The largest absolute Gasteiger partial charge is 0.463 e. The Morgan fingerprint density at radius 2 is 1.26 bits per heavy atom. The van der Waals surface area contributed by atoms with E-state index >= 15 is 0 Å². The minimum atomic E-state index is -0.934. The molecule has 0 saturated carbocycles. The summed E-state index contributed by atoms with van der Waals surface area (Å²) in [4.78, 5) is 12.2. The van der Waals surface area contributed by atoms with Crippen LogP contribution in [-0.4, -0.2) is 23.3 Å². The fourth-order valence-electron chi connectivity index (χ4n) is 5.48. The number of ether oxygens (including phenoxy) is 1. The van der Waals surface area contributed by atoms with Gasteiger partial charge in [-0.25, -0.2) is 4.79 Å². The Kier molecular flexibility index (Phi) is 16.5. The second kappa shape index (κ2) is 18.1. The number of aliphatic hydroxyl groups is 1. The third-order valence-electron chi connectivity index (χ3n) is 8.15. The first kappa shape index (κ1) is 34.7. The molecule has 1 aliphatic rings. The maximum Gasteiger partial charge on any atom is 0.330 e. The third kappa shape index (κ3) is 13.6. The summed E-state index contributed by atoms with van der Waals surface area (Å²) in [5, 5.41) is 11.5. The molecule has 1 rings (SSSR count).